The molecule has 1 aliphatic heterocycles. The first kappa shape index (κ1) is 36.1. The summed E-state index contributed by atoms with van der Waals surface area (Å²) in [6.07, 6.45) is -0.467. The van der Waals surface area contributed by atoms with Gasteiger partial charge in [0.15, 0.2) is 17.5 Å². The van der Waals surface area contributed by atoms with Crippen molar-refractivity contribution in [3.05, 3.63) is 23.3 Å². The van der Waals surface area contributed by atoms with Crippen LogP contribution in [0.4, 0.5) is 0 Å². The van der Waals surface area contributed by atoms with Gasteiger partial charge in [0.1, 0.15) is 18.1 Å². The Labute approximate surface area is 258 Å². The molecule has 0 aliphatic carbocycles. The fourth-order valence-electron chi connectivity index (χ4n) is 4.59. The zero-order valence-electron chi connectivity index (χ0n) is 24.9. The first-order valence-corrected chi connectivity index (χ1v) is 14.0. The van der Waals surface area contributed by atoms with Crippen molar-refractivity contribution >= 4 is 41.5 Å². The number of phenols is 2. The van der Waals surface area contributed by atoms with Gasteiger partial charge in [-0.15, -0.1) is 0 Å². The zero-order valence-corrected chi connectivity index (χ0v) is 24.9. The quantitative estimate of drug-likeness (QED) is 0.0398. The number of nitrogens with one attached hydrogen (secondary N) is 3. The number of nitrogens with two attached hydrogens (primary N) is 3. The van der Waals surface area contributed by atoms with Crippen molar-refractivity contribution in [1.29, 1.82) is 0 Å². The number of aromatic hydroxyl groups is 2. The second kappa shape index (κ2) is 16.1. The fourth-order valence-corrected chi connectivity index (χ4v) is 4.59. The number of hydrogen-bond donors (Lipinski definition) is 10. The number of carbonyl (C=O) groups excluding carboxylic acids is 4. The highest BCUT2D eigenvalue weighted by atomic mass is 16.4. The minimum absolute atomic E-state index is 0.113. The molecule has 2 rings (SSSR count). The molecule has 18 heteroatoms. The van der Waals surface area contributed by atoms with E-state index in [0.717, 1.165) is 4.90 Å². The SMILES string of the molecule is CC(C)[C@H](NC(=O)[C@H](CC(=O)O)NC(=O)CNC(=O)[C@@H](N)CCCN=C(N)N)C(=O)N1Cc2cc(O)c(O)cc2CC1C(=O)O. The zero-order chi connectivity index (χ0) is 34.0. The molecule has 0 saturated carbocycles. The highest BCUT2D eigenvalue weighted by Gasteiger charge is 2.40. The smallest absolute Gasteiger partial charge is 0.326 e. The predicted molar refractivity (Wildman–Crippen MR) is 157 cm³/mol. The fraction of sp³-hybridized carbons (Fsp3) is 0.519. The molecule has 1 heterocycles. The maximum Gasteiger partial charge on any atom is 0.326 e. The van der Waals surface area contributed by atoms with Gasteiger partial charge in [0.2, 0.25) is 23.6 Å². The van der Waals surface area contributed by atoms with E-state index in [4.69, 9.17) is 17.2 Å². The number of nitrogens with zero attached hydrogens (tertiary/aromatic N) is 2. The lowest BCUT2D eigenvalue weighted by Gasteiger charge is -2.38. The third-order valence-electron chi connectivity index (χ3n) is 6.98. The van der Waals surface area contributed by atoms with Crippen LogP contribution >= 0.6 is 0 Å². The normalized spacial score (nSPS) is 16.0. The Kier molecular flexibility index (Phi) is 12.9. The van der Waals surface area contributed by atoms with Crippen LogP contribution in [0.3, 0.4) is 0 Å². The molecule has 248 valence electrons. The average Bonchev–Trinajstić information content (AvgIpc) is 2.95. The van der Waals surface area contributed by atoms with E-state index in [9.17, 15) is 49.2 Å². The van der Waals surface area contributed by atoms with Crippen molar-refractivity contribution in [3.8, 4) is 11.5 Å². The first-order valence-electron chi connectivity index (χ1n) is 14.0. The number of aliphatic imine (C=N–C) groups is 1. The first-order chi connectivity index (χ1) is 21.0. The van der Waals surface area contributed by atoms with E-state index in [1.54, 1.807) is 13.8 Å². The molecule has 18 nitrogen and oxygen atoms in total. The van der Waals surface area contributed by atoms with Crippen LogP contribution in [-0.2, 0) is 41.7 Å². The van der Waals surface area contributed by atoms with Crippen LogP contribution in [0.2, 0.25) is 0 Å². The van der Waals surface area contributed by atoms with Crippen LogP contribution < -0.4 is 33.2 Å². The van der Waals surface area contributed by atoms with E-state index in [2.05, 4.69) is 20.9 Å². The Hall–Kier alpha value is -5.13. The van der Waals surface area contributed by atoms with Gasteiger partial charge in [-0.3, -0.25) is 29.0 Å². The highest BCUT2D eigenvalue weighted by Crippen LogP contribution is 2.33. The summed E-state index contributed by atoms with van der Waals surface area (Å²) in [5.74, 6) is -7.85. The summed E-state index contributed by atoms with van der Waals surface area (Å²) in [7, 11) is 0. The van der Waals surface area contributed by atoms with Gasteiger partial charge in [-0.05, 0) is 42.0 Å². The van der Waals surface area contributed by atoms with Crippen molar-refractivity contribution in [2.45, 2.75) is 70.2 Å². The van der Waals surface area contributed by atoms with E-state index in [1.165, 1.54) is 12.1 Å². The van der Waals surface area contributed by atoms with Crippen LogP contribution in [0, 0.1) is 5.92 Å². The lowest BCUT2D eigenvalue weighted by Crippen LogP contribution is -2.60. The van der Waals surface area contributed by atoms with Gasteiger partial charge in [-0.2, -0.15) is 0 Å². The molecule has 0 radical (unpaired) electrons. The summed E-state index contributed by atoms with van der Waals surface area (Å²) in [6, 6.07) is -2.93. The Morgan fingerprint density at radius 2 is 1.62 bits per heavy atom. The average molecular weight is 637 g/mol. The molecule has 1 unspecified atom stereocenters. The van der Waals surface area contributed by atoms with Crippen LogP contribution in [0.15, 0.2) is 17.1 Å². The monoisotopic (exact) mass is 636 g/mol. The number of phenolic OH excluding ortho intramolecular Hbond substituents is 2. The third-order valence-corrected chi connectivity index (χ3v) is 6.98. The van der Waals surface area contributed by atoms with Crippen molar-refractivity contribution in [3.63, 3.8) is 0 Å². The summed E-state index contributed by atoms with van der Waals surface area (Å²) >= 11 is 0. The van der Waals surface area contributed by atoms with Crippen molar-refractivity contribution in [2.75, 3.05) is 13.1 Å². The van der Waals surface area contributed by atoms with Crippen molar-refractivity contribution < 1.29 is 49.2 Å². The molecule has 4 atom stereocenters. The minimum atomic E-state index is -1.66. The van der Waals surface area contributed by atoms with Crippen LogP contribution in [0.1, 0.15) is 44.2 Å². The van der Waals surface area contributed by atoms with Crippen LogP contribution in [0.5, 0.6) is 11.5 Å². The van der Waals surface area contributed by atoms with Gasteiger partial charge in [0.05, 0.1) is 19.0 Å². The highest BCUT2D eigenvalue weighted by molar-refractivity contribution is 5.96. The molecule has 0 bridgehead atoms. The standard InChI is InChI=1S/C27H40N8O10/c1-12(2)22(25(43)35-11-14-8-19(37)18(36)7-13(14)6-17(35)26(44)45)34-24(42)16(9-21(39)40)33-20(38)10-32-23(41)15(28)4-3-5-31-27(29)30/h7-8,12,15-17,22,36-37H,3-6,9-11,28H2,1-2H3,(H,32,41)(H,33,38)(H,34,42)(H,39,40)(H,44,45)(H4,29,30,31)/t15-,16-,17?,22-/m0/s1. The molecule has 0 aromatic heterocycles. The maximum atomic E-state index is 13.6. The molecular formula is C27H40N8O10. The Bertz CT molecular complexity index is 1330. The van der Waals surface area contributed by atoms with Crippen molar-refractivity contribution in [2.24, 2.45) is 28.1 Å². The van der Waals surface area contributed by atoms with E-state index >= 15 is 0 Å². The van der Waals surface area contributed by atoms with Gasteiger partial charge in [0.25, 0.3) is 0 Å². The molecule has 45 heavy (non-hydrogen) atoms. The van der Waals surface area contributed by atoms with Crippen molar-refractivity contribution in [1.82, 2.24) is 20.9 Å². The van der Waals surface area contributed by atoms with Gasteiger partial charge in [-0.25, -0.2) is 4.79 Å². The van der Waals surface area contributed by atoms with E-state index in [1.807, 2.05) is 0 Å². The number of rotatable bonds is 15. The lowest BCUT2D eigenvalue weighted by molar-refractivity contribution is -0.153. The number of amides is 4. The largest absolute Gasteiger partial charge is 0.504 e. The van der Waals surface area contributed by atoms with Crippen LogP contribution in [-0.4, -0.2) is 104 Å². The number of guanidine groups is 1. The predicted octanol–water partition coefficient (Wildman–Crippen LogP) is -2.97. The lowest BCUT2D eigenvalue weighted by atomic mass is 9.91. The topological polar surface area (TPSA) is 313 Å². The summed E-state index contributed by atoms with van der Waals surface area (Å²) in [4.78, 5) is 79.9. The number of hydrogen-bond acceptors (Lipinski definition) is 10. The van der Waals surface area contributed by atoms with Gasteiger partial charge >= 0.3 is 11.9 Å². The number of carbonyl (C=O) groups is 6. The van der Waals surface area contributed by atoms with E-state index in [-0.39, 0.29) is 31.9 Å². The summed E-state index contributed by atoms with van der Waals surface area (Å²) in [5.41, 5.74) is 17.0. The summed E-state index contributed by atoms with van der Waals surface area (Å²) < 4.78 is 0. The molecule has 1 aromatic carbocycles. The van der Waals surface area contributed by atoms with Gasteiger partial charge in [0, 0.05) is 19.5 Å². The Balaban J connectivity index is 2.12. The molecular weight excluding hydrogens is 596 g/mol. The number of fused-ring (bicyclic) bond motifs is 1. The molecule has 1 aromatic rings. The van der Waals surface area contributed by atoms with Crippen LogP contribution in [0.25, 0.3) is 0 Å². The molecule has 1 aliphatic rings. The maximum absolute atomic E-state index is 13.6. The number of benzene rings is 1. The van der Waals surface area contributed by atoms with Gasteiger partial charge < -0.3 is 58.5 Å². The third kappa shape index (κ3) is 10.5. The minimum Gasteiger partial charge on any atom is -0.504 e. The Morgan fingerprint density at radius 3 is 2.18 bits per heavy atom. The molecule has 0 spiro atoms. The Morgan fingerprint density at radius 1 is 1.00 bits per heavy atom. The number of carboxylic acids is 2. The molecule has 0 fully saturated rings. The second-order valence-electron chi connectivity index (χ2n) is 10.9. The van der Waals surface area contributed by atoms with E-state index < -0.39 is 90.1 Å². The number of carboxylic acid groups (broad SMARTS) is 2. The second-order valence-corrected chi connectivity index (χ2v) is 10.9. The molecule has 0 saturated heterocycles. The number of aliphatic carboxylic acids is 2. The molecule has 13 N–H and O–H groups in total. The molecule has 4 amide bonds. The summed E-state index contributed by atoms with van der Waals surface area (Å²) in [5, 5.41) is 45.8. The van der Waals surface area contributed by atoms with E-state index in [0.29, 0.717) is 17.5 Å². The summed E-state index contributed by atoms with van der Waals surface area (Å²) in [6.45, 7) is 2.49. The van der Waals surface area contributed by atoms with Gasteiger partial charge in [-0.1, -0.05) is 13.8 Å².